The summed E-state index contributed by atoms with van der Waals surface area (Å²) in [5, 5.41) is 33.5. The van der Waals surface area contributed by atoms with Gasteiger partial charge < -0.3 is 19.7 Å². The van der Waals surface area contributed by atoms with Crippen molar-refractivity contribution in [3.05, 3.63) is 34.4 Å². The second-order valence-electron chi connectivity index (χ2n) is 10.9. The molecule has 0 amide bonds. The van der Waals surface area contributed by atoms with Gasteiger partial charge in [-0.3, -0.25) is 0 Å². The van der Waals surface area contributed by atoms with Crippen LogP contribution in [0, 0.1) is 28.6 Å². The molecule has 1 aromatic heterocycles. The van der Waals surface area contributed by atoms with Gasteiger partial charge in [-0.05, 0) is 79.7 Å². The van der Waals surface area contributed by atoms with E-state index in [-0.39, 0.29) is 23.4 Å². The lowest BCUT2D eigenvalue weighted by molar-refractivity contribution is -0.205. The topological polar surface area (TPSA) is 90.9 Å². The van der Waals surface area contributed by atoms with Gasteiger partial charge in [0.15, 0.2) is 0 Å². The Bertz CT molecular complexity index is 829. The third-order valence-electron chi connectivity index (χ3n) is 9.92. The van der Waals surface area contributed by atoms with E-state index in [1.165, 1.54) is 12.3 Å². The fraction of sp³-hybridized carbons (Fsp3) is 0.792. The maximum absolute atomic E-state index is 12.2. The number of aliphatic hydroxyl groups excluding tert-OH is 2. The van der Waals surface area contributed by atoms with Crippen LogP contribution < -0.4 is 5.63 Å². The van der Waals surface area contributed by atoms with E-state index in [1.54, 1.807) is 6.07 Å². The number of aliphatic hydroxyl groups is 3. The minimum atomic E-state index is -0.916. The Morgan fingerprint density at radius 1 is 1.03 bits per heavy atom. The van der Waals surface area contributed by atoms with Crippen LogP contribution in [0.1, 0.15) is 76.7 Å². The highest BCUT2D eigenvalue weighted by Gasteiger charge is 2.69. The molecule has 9 atom stereocenters. The summed E-state index contributed by atoms with van der Waals surface area (Å²) >= 11 is 0. The maximum atomic E-state index is 12.2. The molecule has 0 bridgehead atoms. The van der Waals surface area contributed by atoms with Crippen molar-refractivity contribution in [3.63, 3.8) is 0 Å². The minimum Gasteiger partial charge on any atom is -0.431 e. The van der Waals surface area contributed by atoms with Crippen LogP contribution in [0.25, 0.3) is 0 Å². The largest absolute Gasteiger partial charge is 0.431 e. The molecule has 0 radical (unpaired) electrons. The van der Waals surface area contributed by atoms with Crippen LogP contribution >= 0.6 is 0 Å². The van der Waals surface area contributed by atoms with Gasteiger partial charge in [0, 0.05) is 23.8 Å². The van der Waals surface area contributed by atoms with Crippen LogP contribution in [0.2, 0.25) is 0 Å². The zero-order chi connectivity index (χ0) is 20.6. The molecule has 4 saturated carbocycles. The predicted octanol–water partition coefficient (Wildman–Crippen LogP) is 3.21. The molecule has 5 heteroatoms. The molecule has 1 aromatic rings. The summed E-state index contributed by atoms with van der Waals surface area (Å²) in [5.74, 6) is 0.919. The van der Waals surface area contributed by atoms with Gasteiger partial charge in [-0.1, -0.05) is 13.8 Å². The molecule has 3 N–H and O–H groups in total. The van der Waals surface area contributed by atoms with Crippen molar-refractivity contribution < 1.29 is 19.7 Å². The van der Waals surface area contributed by atoms with Crippen molar-refractivity contribution in [2.24, 2.45) is 28.6 Å². The third-order valence-corrected chi connectivity index (χ3v) is 9.92. The van der Waals surface area contributed by atoms with Crippen molar-refractivity contribution in [1.29, 1.82) is 0 Å². The molecule has 0 spiro atoms. The van der Waals surface area contributed by atoms with Crippen molar-refractivity contribution in [3.8, 4) is 0 Å². The fourth-order valence-corrected chi connectivity index (χ4v) is 8.38. The summed E-state index contributed by atoms with van der Waals surface area (Å²) in [7, 11) is 0. The van der Waals surface area contributed by atoms with Gasteiger partial charge in [0.25, 0.3) is 0 Å². The van der Waals surface area contributed by atoms with Gasteiger partial charge in [0.2, 0.25) is 0 Å². The Labute approximate surface area is 172 Å². The van der Waals surface area contributed by atoms with Crippen LogP contribution in [0.15, 0.2) is 27.6 Å². The monoisotopic (exact) mass is 402 g/mol. The number of rotatable bonds is 1. The van der Waals surface area contributed by atoms with Crippen molar-refractivity contribution in [1.82, 2.24) is 0 Å². The van der Waals surface area contributed by atoms with Gasteiger partial charge in [0.05, 0.1) is 24.1 Å². The highest BCUT2D eigenvalue weighted by atomic mass is 16.4. The first kappa shape index (κ1) is 19.8. The lowest BCUT2D eigenvalue weighted by Gasteiger charge is -2.63. The lowest BCUT2D eigenvalue weighted by Crippen LogP contribution is -2.62. The zero-order valence-electron chi connectivity index (χ0n) is 17.5. The molecule has 4 aliphatic rings. The molecule has 5 rings (SSSR count). The summed E-state index contributed by atoms with van der Waals surface area (Å²) in [6.07, 6.45) is 7.75. The summed E-state index contributed by atoms with van der Waals surface area (Å²) < 4.78 is 5.11. The summed E-state index contributed by atoms with van der Waals surface area (Å²) in [4.78, 5) is 11.4. The Balaban J connectivity index is 1.52. The van der Waals surface area contributed by atoms with Gasteiger partial charge in [-0.25, -0.2) is 4.79 Å². The van der Waals surface area contributed by atoms with E-state index in [0.717, 1.165) is 50.5 Å². The molecular formula is C24H34O5. The number of hydrogen-bond donors (Lipinski definition) is 3. The smallest absolute Gasteiger partial charge is 0.335 e. The SMILES string of the molecule is C[C@]12CC[C@H](O)C[C@H]1CCC1C2CC[C@]2(C)[C@@H](c3ccc(=O)oc3)[C@@H](O)C[C@]12O. The van der Waals surface area contributed by atoms with E-state index >= 15 is 0 Å². The summed E-state index contributed by atoms with van der Waals surface area (Å²) in [6, 6.07) is 3.16. The average Bonchev–Trinajstić information content (AvgIpc) is 2.88. The Morgan fingerprint density at radius 3 is 2.55 bits per heavy atom. The summed E-state index contributed by atoms with van der Waals surface area (Å²) in [5.41, 5.74) is -0.766. The number of fused-ring (bicyclic) bond motifs is 5. The molecule has 4 aliphatic carbocycles. The fourth-order valence-electron chi connectivity index (χ4n) is 8.38. The Hall–Kier alpha value is -1.17. The van der Waals surface area contributed by atoms with Crippen LogP contribution in [0.4, 0.5) is 0 Å². The molecule has 0 aromatic carbocycles. The second-order valence-corrected chi connectivity index (χ2v) is 10.9. The first-order chi connectivity index (χ1) is 13.7. The molecule has 5 nitrogen and oxygen atoms in total. The average molecular weight is 403 g/mol. The molecule has 0 aliphatic heterocycles. The van der Waals surface area contributed by atoms with Crippen LogP contribution in [-0.2, 0) is 0 Å². The van der Waals surface area contributed by atoms with Gasteiger partial charge in [-0.15, -0.1) is 0 Å². The van der Waals surface area contributed by atoms with Gasteiger partial charge in [-0.2, -0.15) is 0 Å². The Morgan fingerprint density at radius 2 is 1.83 bits per heavy atom. The molecule has 29 heavy (non-hydrogen) atoms. The first-order valence-electron chi connectivity index (χ1n) is 11.4. The zero-order valence-corrected chi connectivity index (χ0v) is 17.5. The van der Waals surface area contributed by atoms with E-state index in [0.29, 0.717) is 18.3 Å². The lowest BCUT2D eigenvalue weighted by atomic mass is 9.43. The molecular weight excluding hydrogens is 368 g/mol. The van der Waals surface area contributed by atoms with Crippen molar-refractivity contribution in [2.75, 3.05) is 0 Å². The van der Waals surface area contributed by atoms with E-state index in [1.807, 2.05) is 0 Å². The van der Waals surface area contributed by atoms with Crippen LogP contribution in [0.3, 0.4) is 0 Å². The maximum Gasteiger partial charge on any atom is 0.335 e. The molecule has 1 heterocycles. The first-order valence-corrected chi connectivity index (χ1v) is 11.4. The van der Waals surface area contributed by atoms with E-state index in [9.17, 15) is 20.1 Å². The highest BCUT2D eigenvalue weighted by molar-refractivity contribution is 5.29. The van der Waals surface area contributed by atoms with E-state index in [4.69, 9.17) is 4.42 Å². The van der Waals surface area contributed by atoms with Crippen LogP contribution in [-0.4, -0.2) is 33.1 Å². The predicted molar refractivity (Wildman–Crippen MR) is 108 cm³/mol. The minimum absolute atomic E-state index is 0.168. The van der Waals surface area contributed by atoms with Crippen LogP contribution in [0.5, 0.6) is 0 Å². The van der Waals surface area contributed by atoms with Gasteiger partial charge in [0.1, 0.15) is 0 Å². The molecule has 0 saturated heterocycles. The van der Waals surface area contributed by atoms with Gasteiger partial charge >= 0.3 is 5.63 Å². The third kappa shape index (κ3) is 2.60. The van der Waals surface area contributed by atoms with E-state index < -0.39 is 22.7 Å². The standard InChI is InChI=1S/C24H34O5/c1-22-9-7-16(25)11-15(22)4-5-18-17(22)8-10-23(2)21(19(26)12-24(18,23)28)14-3-6-20(27)29-13-14/h3,6,13,15-19,21,25-26,28H,4-5,7-12H2,1-2H3/t15-,16+,17?,18?,19+,21+,22+,23-,24+/m1/s1. The normalized spacial score (nSPS) is 51.8. The number of hydrogen-bond acceptors (Lipinski definition) is 5. The molecule has 2 unspecified atom stereocenters. The molecule has 4 fully saturated rings. The Kier molecular flexibility index (Phi) is 4.37. The van der Waals surface area contributed by atoms with E-state index in [2.05, 4.69) is 13.8 Å². The summed E-state index contributed by atoms with van der Waals surface area (Å²) in [6.45, 7) is 4.52. The molecule has 160 valence electrons. The highest BCUT2D eigenvalue weighted by Crippen LogP contribution is 2.70. The second kappa shape index (κ2) is 6.41. The van der Waals surface area contributed by atoms with Crippen molar-refractivity contribution >= 4 is 0 Å². The quantitative estimate of drug-likeness (QED) is 0.671. The van der Waals surface area contributed by atoms with Crippen molar-refractivity contribution in [2.45, 2.75) is 88.9 Å².